The molecule has 0 radical (unpaired) electrons. The minimum Gasteiger partial charge on any atom is -0.300 e. The first kappa shape index (κ1) is 12.1. The van der Waals surface area contributed by atoms with Gasteiger partial charge < -0.3 is 0 Å². The summed E-state index contributed by atoms with van der Waals surface area (Å²) in [6.07, 6.45) is 4.90. The fraction of sp³-hybridized carbons (Fsp3) is 0.909. The van der Waals surface area contributed by atoms with E-state index in [9.17, 15) is 4.79 Å². The number of piperidine rings is 1. The van der Waals surface area contributed by atoms with Crippen LogP contribution in [0.4, 0.5) is 0 Å². The second-order valence-electron chi connectivity index (χ2n) is 4.21. The molecule has 0 saturated carbocycles. The van der Waals surface area contributed by atoms with Crippen molar-refractivity contribution >= 4 is 17.5 Å². The van der Waals surface area contributed by atoms with E-state index in [2.05, 4.69) is 25.0 Å². The summed E-state index contributed by atoms with van der Waals surface area (Å²) in [7, 11) is 0. The molecular formula is C11H21NOS. The van der Waals surface area contributed by atoms with E-state index in [1.165, 1.54) is 12.2 Å². The van der Waals surface area contributed by atoms with Crippen LogP contribution in [-0.4, -0.2) is 41.3 Å². The molecule has 1 rings (SSSR count). The number of hydrogen-bond acceptors (Lipinski definition) is 3. The molecule has 0 spiro atoms. The first-order chi connectivity index (χ1) is 6.65. The van der Waals surface area contributed by atoms with E-state index in [4.69, 9.17) is 0 Å². The minimum absolute atomic E-state index is 0.436. The molecule has 82 valence electrons. The van der Waals surface area contributed by atoms with Crippen LogP contribution in [0.3, 0.4) is 0 Å². The largest absolute Gasteiger partial charge is 0.300 e. The molecule has 3 heteroatoms. The second kappa shape index (κ2) is 5.76. The highest BCUT2D eigenvalue weighted by Gasteiger charge is 2.26. The van der Waals surface area contributed by atoms with Gasteiger partial charge in [0.25, 0.3) is 0 Å². The molecule has 0 aromatic heterocycles. The van der Waals surface area contributed by atoms with Crippen molar-refractivity contribution in [2.75, 3.05) is 18.6 Å². The van der Waals surface area contributed by atoms with E-state index >= 15 is 0 Å². The molecule has 1 heterocycles. The quantitative estimate of drug-likeness (QED) is 0.717. The summed E-state index contributed by atoms with van der Waals surface area (Å²) >= 11 is 1.90. The maximum absolute atomic E-state index is 11.2. The molecule has 14 heavy (non-hydrogen) atoms. The first-order valence-electron chi connectivity index (χ1n) is 5.41. The predicted molar refractivity (Wildman–Crippen MR) is 62.9 cm³/mol. The number of rotatable bonds is 4. The van der Waals surface area contributed by atoms with Crippen LogP contribution in [0.25, 0.3) is 0 Å². The van der Waals surface area contributed by atoms with E-state index in [-0.39, 0.29) is 0 Å². The second-order valence-corrected chi connectivity index (χ2v) is 5.20. The average Bonchev–Trinajstić information content (AvgIpc) is 2.14. The third-order valence-electron chi connectivity index (χ3n) is 3.04. The molecule has 0 aromatic carbocycles. The van der Waals surface area contributed by atoms with Crippen LogP contribution in [0, 0.1) is 0 Å². The fourth-order valence-electron chi connectivity index (χ4n) is 2.13. The number of ketones is 1. The van der Waals surface area contributed by atoms with E-state index in [1.807, 2.05) is 11.8 Å². The monoisotopic (exact) mass is 215 g/mol. The van der Waals surface area contributed by atoms with Crippen molar-refractivity contribution in [2.24, 2.45) is 0 Å². The summed E-state index contributed by atoms with van der Waals surface area (Å²) in [6.45, 7) is 5.42. The Labute approximate surface area is 91.4 Å². The molecule has 2 atom stereocenters. The molecule has 2 unspecified atom stereocenters. The third-order valence-corrected chi connectivity index (χ3v) is 3.69. The van der Waals surface area contributed by atoms with Crippen LogP contribution >= 0.6 is 11.8 Å². The van der Waals surface area contributed by atoms with Gasteiger partial charge in [-0.15, -0.1) is 0 Å². The summed E-state index contributed by atoms with van der Waals surface area (Å²) in [5.41, 5.74) is 0. The highest BCUT2D eigenvalue weighted by Crippen LogP contribution is 2.19. The third kappa shape index (κ3) is 3.28. The normalized spacial score (nSPS) is 26.5. The summed E-state index contributed by atoms with van der Waals surface area (Å²) in [5, 5.41) is 0. The highest BCUT2D eigenvalue weighted by molar-refractivity contribution is 7.98. The van der Waals surface area contributed by atoms with Gasteiger partial charge in [0.1, 0.15) is 5.78 Å². The van der Waals surface area contributed by atoms with E-state index in [0.717, 1.165) is 19.4 Å². The van der Waals surface area contributed by atoms with Gasteiger partial charge in [0.05, 0.1) is 0 Å². The first-order valence-corrected chi connectivity index (χ1v) is 6.81. The number of nitrogens with zero attached hydrogens (tertiary/aromatic N) is 1. The van der Waals surface area contributed by atoms with Crippen LogP contribution in [0.1, 0.15) is 33.1 Å². The number of carbonyl (C=O) groups is 1. The topological polar surface area (TPSA) is 20.3 Å². The zero-order chi connectivity index (χ0) is 10.6. The van der Waals surface area contributed by atoms with E-state index in [1.54, 1.807) is 0 Å². The van der Waals surface area contributed by atoms with Crippen LogP contribution < -0.4 is 0 Å². The van der Waals surface area contributed by atoms with Gasteiger partial charge in [-0.25, -0.2) is 0 Å². The van der Waals surface area contributed by atoms with Gasteiger partial charge in [-0.1, -0.05) is 0 Å². The minimum atomic E-state index is 0.436. The Hall–Kier alpha value is -0.0200. The molecule has 1 aliphatic heterocycles. The van der Waals surface area contributed by atoms with Gasteiger partial charge in [0.2, 0.25) is 0 Å². The molecule has 0 N–H and O–H groups in total. The van der Waals surface area contributed by atoms with Crippen LogP contribution in [0.2, 0.25) is 0 Å². The summed E-state index contributed by atoms with van der Waals surface area (Å²) in [4.78, 5) is 13.7. The fourth-order valence-corrected chi connectivity index (χ4v) is 2.71. The Balaban J connectivity index is 2.38. The van der Waals surface area contributed by atoms with Gasteiger partial charge in [0, 0.05) is 31.5 Å². The van der Waals surface area contributed by atoms with Crippen molar-refractivity contribution in [3.63, 3.8) is 0 Å². The lowest BCUT2D eigenvalue weighted by molar-refractivity contribution is -0.123. The molecule has 1 fully saturated rings. The standard InChI is InChI=1S/C11H21NOS/c1-9(5-7-14-3)12-6-4-11(13)8-10(12)2/h9-10H,4-8H2,1-3H3. The Morgan fingerprint density at radius 1 is 1.64 bits per heavy atom. The Morgan fingerprint density at radius 2 is 2.36 bits per heavy atom. The Morgan fingerprint density at radius 3 is 2.93 bits per heavy atom. The van der Waals surface area contributed by atoms with Gasteiger partial charge in [0.15, 0.2) is 0 Å². The lowest BCUT2D eigenvalue weighted by Crippen LogP contribution is -2.46. The summed E-state index contributed by atoms with van der Waals surface area (Å²) < 4.78 is 0. The van der Waals surface area contributed by atoms with Gasteiger partial charge in [-0.05, 0) is 32.3 Å². The number of likely N-dealkylation sites (tertiary alicyclic amines) is 1. The van der Waals surface area contributed by atoms with E-state index < -0.39 is 0 Å². The van der Waals surface area contributed by atoms with Crippen LogP contribution in [-0.2, 0) is 4.79 Å². The van der Waals surface area contributed by atoms with Gasteiger partial charge >= 0.3 is 0 Å². The highest BCUT2D eigenvalue weighted by atomic mass is 32.2. The summed E-state index contributed by atoms with van der Waals surface area (Å²) in [5.74, 6) is 1.66. The van der Waals surface area contributed by atoms with Gasteiger partial charge in [-0.2, -0.15) is 11.8 Å². The van der Waals surface area contributed by atoms with Crippen molar-refractivity contribution in [1.29, 1.82) is 0 Å². The van der Waals surface area contributed by atoms with Crippen LogP contribution in [0.15, 0.2) is 0 Å². The molecule has 2 nitrogen and oxygen atoms in total. The van der Waals surface area contributed by atoms with E-state index in [0.29, 0.717) is 17.9 Å². The van der Waals surface area contributed by atoms with Crippen molar-refractivity contribution in [3.05, 3.63) is 0 Å². The zero-order valence-corrected chi connectivity index (χ0v) is 10.3. The maximum atomic E-state index is 11.2. The molecule has 0 aliphatic carbocycles. The number of thioether (sulfide) groups is 1. The molecule has 1 saturated heterocycles. The maximum Gasteiger partial charge on any atom is 0.135 e. The van der Waals surface area contributed by atoms with Crippen molar-refractivity contribution in [1.82, 2.24) is 4.90 Å². The predicted octanol–water partition coefficient (Wildman–Crippen LogP) is 2.18. The lowest BCUT2D eigenvalue weighted by Gasteiger charge is -2.37. The zero-order valence-electron chi connectivity index (χ0n) is 9.45. The number of hydrogen-bond donors (Lipinski definition) is 0. The van der Waals surface area contributed by atoms with Crippen molar-refractivity contribution < 1.29 is 4.79 Å². The molecular weight excluding hydrogens is 194 g/mol. The smallest absolute Gasteiger partial charge is 0.135 e. The van der Waals surface area contributed by atoms with Crippen molar-refractivity contribution in [2.45, 2.75) is 45.2 Å². The summed E-state index contributed by atoms with van der Waals surface area (Å²) in [6, 6.07) is 1.08. The number of Topliss-reactive ketones (excluding diaryl/α,β-unsaturated/α-hetero) is 1. The Kier molecular flexibility index (Phi) is 4.96. The van der Waals surface area contributed by atoms with Crippen LogP contribution in [0.5, 0.6) is 0 Å². The molecule has 0 aromatic rings. The number of carbonyl (C=O) groups excluding carboxylic acids is 1. The Bertz CT molecular complexity index is 196. The van der Waals surface area contributed by atoms with Crippen molar-refractivity contribution in [3.8, 4) is 0 Å². The molecule has 0 amide bonds. The average molecular weight is 215 g/mol. The molecule has 1 aliphatic rings. The molecule has 0 bridgehead atoms. The van der Waals surface area contributed by atoms with Gasteiger partial charge in [-0.3, -0.25) is 9.69 Å². The lowest BCUT2D eigenvalue weighted by atomic mass is 10.00. The SMILES string of the molecule is CSCCC(C)N1CCC(=O)CC1C.